The highest BCUT2D eigenvalue weighted by Gasteiger charge is 2.22. The number of anilines is 1. The number of hydrogen-bond acceptors (Lipinski definition) is 3. The summed E-state index contributed by atoms with van der Waals surface area (Å²) in [5, 5.41) is 14.6. The predicted octanol–water partition coefficient (Wildman–Crippen LogP) is 2.81. The van der Waals surface area contributed by atoms with Crippen LogP contribution in [0.2, 0.25) is 5.02 Å². The molecule has 0 aromatic heterocycles. The normalized spacial score (nSPS) is 13.2. The molecule has 1 unspecified atom stereocenters. The molecule has 1 amide bonds. The number of halogens is 2. The molecule has 7 heteroatoms. The second kappa shape index (κ2) is 6.61. The van der Waals surface area contributed by atoms with Gasteiger partial charge in [0.25, 0.3) is 0 Å². The summed E-state index contributed by atoms with van der Waals surface area (Å²) in [6, 6.07) is 5.11. The summed E-state index contributed by atoms with van der Waals surface area (Å²) in [6.45, 7) is 1.77. The van der Waals surface area contributed by atoms with E-state index in [0.29, 0.717) is 21.6 Å². The number of nitrogens with one attached hydrogen (secondary N) is 1. The van der Waals surface area contributed by atoms with Crippen LogP contribution >= 0.6 is 27.5 Å². The molecule has 5 nitrogen and oxygen atoms in total. The Labute approximate surface area is 118 Å². The summed E-state index contributed by atoms with van der Waals surface area (Å²) >= 11 is 9.19. The lowest BCUT2D eigenvalue weighted by Gasteiger charge is -2.14. The maximum atomic E-state index is 12.0. The van der Waals surface area contributed by atoms with Gasteiger partial charge in [-0.05, 0) is 34.5 Å². The van der Waals surface area contributed by atoms with Crippen LogP contribution in [0.15, 0.2) is 27.8 Å². The first kappa shape index (κ1) is 14.8. The van der Waals surface area contributed by atoms with Crippen LogP contribution in [0.25, 0.3) is 0 Å². The van der Waals surface area contributed by atoms with Gasteiger partial charge in [0.2, 0.25) is 5.91 Å². The lowest BCUT2D eigenvalue weighted by Crippen LogP contribution is -2.34. The lowest BCUT2D eigenvalue weighted by atomic mass is 10.0. The van der Waals surface area contributed by atoms with E-state index in [9.17, 15) is 4.79 Å². The molecule has 0 bridgehead atoms. The third kappa shape index (κ3) is 3.36. The fourth-order valence-electron chi connectivity index (χ4n) is 1.42. The Balaban J connectivity index is 2.90. The van der Waals surface area contributed by atoms with Gasteiger partial charge in [-0.15, -0.1) is 0 Å². The van der Waals surface area contributed by atoms with E-state index in [1.165, 1.54) is 0 Å². The van der Waals surface area contributed by atoms with Gasteiger partial charge in [0.1, 0.15) is 0 Å². The summed E-state index contributed by atoms with van der Waals surface area (Å²) in [6.07, 6.45) is 0.430. The SMILES string of the molecule is CCC(C(=O)Nc1cccc(Cl)c1Br)/C(N)=N/O. The summed E-state index contributed by atoms with van der Waals surface area (Å²) in [7, 11) is 0. The summed E-state index contributed by atoms with van der Waals surface area (Å²) < 4.78 is 0.592. The maximum absolute atomic E-state index is 12.0. The number of nitrogens with two attached hydrogens (primary N) is 1. The molecule has 0 radical (unpaired) electrons. The van der Waals surface area contributed by atoms with Crippen molar-refractivity contribution in [2.75, 3.05) is 5.32 Å². The number of benzene rings is 1. The van der Waals surface area contributed by atoms with E-state index in [-0.39, 0.29) is 11.7 Å². The number of rotatable bonds is 4. The first-order valence-electron chi connectivity index (χ1n) is 5.23. The van der Waals surface area contributed by atoms with E-state index in [1.54, 1.807) is 25.1 Å². The Kier molecular flexibility index (Phi) is 5.43. The molecule has 1 rings (SSSR count). The van der Waals surface area contributed by atoms with Gasteiger partial charge < -0.3 is 16.3 Å². The molecule has 1 aromatic rings. The highest BCUT2D eigenvalue weighted by Crippen LogP contribution is 2.30. The van der Waals surface area contributed by atoms with E-state index in [4.69, 9.17) is 22.5 Å². The molecule has 98 valence electrons. The Morgan fingerprint density at radius 3 is 2.89 bits per heavy atom. The van der Waals surface area contributed by atoms with Gasteiger partial charge >= 0.3 is 0 Å². The highest BCUT2D eigenvalue weighted by atomic mass is 79.9. The Hall–Kier alpha value is -1.27. The largest absolute Gasteiger partial charge is 0.409 e. The molecule has 0 fully saturated rings. The summed E-state index contributed by atoms with van der Waals surface area (Å²) in [4.78, 5) is 12.0. The number of amides is 1. The highest BCUT2D eigenvalue weighted by molar-refractivity contribution is 9.10. The standard InChI is InChI=1S/C11H13BrClN3O2/c1-2-6(10(14)16-18)11(17)15-8-5-3-4-7(13)9(8)12/h3-6,18H,2H2,1H3,(H2,14,16)(H,15,17). The molecule has 0 spiro atoms. The Bertz CT molecular complexity index is 479. The van der Waals surface area contributed by atoms with Crippen molar-refractivity contribution in [1.29, 1.82) is 0 Å². The zero-order chi connectivity index (χ0) is 13.7. The van der Waals surface area contributed by atoms with Gasteiger partial charge in [0, 0.05) is 0 Å². The molecule has 0 aliphatic carbocycles. The molecule has 0 saturated carbocycles. The van der Waals surface area contributed by atoms with Crippen LogP contribution in [0.1, 0.15) is 13.3 Å². The number of carbonyl (C=O) groups excluding carboxylic acids is 1. The van der Waals surface area contributed by atoms with Gasteiger partial charge in [-0.1, -0.05) is 29.7 Å². The van der Waals surface area contributed by atoms with Crippen molar-refractivity contribution in [3.8, 4) is 0 Å². The summed E-state index contributed by atoms with van der Waals surface area (Å²) in [5.74, 6) is -1.15. The maximum Gasteiger partial charge on any atom is 0.235 e. The third-order valence-electron chi connectivity index (χ3n) is 2.41. The Morgan fingerprint density at radius 1 is 1.67 bits per heavy atom. The van der Waals surface area contributed by atoms with Crippen LogP contribution in [0.5, 0.6) is 0 Å². The fourth-order valence-corrected chi connectivity index (χ4v) is 1.96. The molecular formula is C11H13BrClN3O2. The minimum Gasteiger partial charge on any atom is -0.409 e. The number of carbonyl (C=O) groups is 1. The van der Waals surface area contributed by atoms with E-state index in [0.717, 1.165) is 0 Å². The van der Waals surface area contributed by atoms with Crippen molar-refractivity contribution in [3.05, 3.63) is 27.7 Å². The lowest BCUT2D eigenvalue weighted by molar-refractivity contribution is -0.118. The van der Waals surface area contributed by atoms with Crippen molar-refractivity contribution >= 4 is 45.0 Å². The molecule has 1 aromatic carbocycles. The van der Waals surface area contributed by atoms with Crippen LogP contribution in [0.4, 0.5) is 5.69 Å². The molecule has 18 heavy (non-hydrogen) atoms. The minimum atomic E-state index is -0.680. The molecule has 0 heterocycles. The van der Waals surface area contributed by atoms with Gasteiger partial charge in [0.05, 0.1) is 21.1 Å². The quantitative estimate of drug-likeness (QED) is 0.342. The second-order valence-electron chi connectivity index (χ2n) is 3.58. The molecule has 1 atom stereocenters. The zero-order valence-corrected chi connectivity index (χ0v) is 12.0. The fraction of sp³-hybridized carbons (Fsp3) is 0.273. The monoisotopic (exact) mass is 333 g/mol. The molecule has 0 aliphatic rings. The van der Waals surface area contributed by atoms with Gasteiger partial charge in [-0.3, -0.25) is 4.79 Å². The number of oxime groups is 1. The molecule has 0 saturated heterocycles. The van der Waals surface area contributed by atoms with Crippen molar-refractivity contribution in [2.24, 2.45) is 16.8 Å². The predicted molar refractivity (Wildman–Crippen MR) is 75.0 cm³/mol. The average Bonchev–Trinajstić information content (AvgIpc) is 2.35. The summed E-state index contributed by atoms with van der Waals surface area (Å²) in [5.41, 5.74) is 5.99. The topological polar surface area (TPSA) is 87.7 Å². The first-order chi connectivity index (χ1) is 8.51. The van der Waals surface area contributed by atoms with E-state index >= 15 is 0 Å². The van der Waals surface area contributed by atoms with Crippen molar-refractivity contribution < 1.29 is 10.0 Å². The van der Waals surface area contributed by atoms with E-state index in [1.807, 2.05) is 0 Å². The average molecular weight is 335 g/mol. The molecule has 4 N–H and O–H groups in total. The number of amidine groups is 1. The van der Waals surface area contributed by atoms with Crippen LogP contribution in [-0.4, -0.2) is 17.0 Å². The molecule has 0 aliphatic heterocycles. The van der Waals surface area contributed by atoms with Gasteiger partial charge in [0.15, 0.2) is 5.84 Å². The second-order valence-corrected chi connectivity index (χ2v) is 4.78. The smallest absolute Gasteiger partial charge is 0.235 e. The van der Waals surface area contributed by atoms with Gasteiger partial charge in [-0.2, -0.15) is 0 Å². The van der Waals surface area contributed by atoms with Crippen LogP contribution in [0.3, 0.4) is 0 Å². The van der Waals surface area contributed by atoms with Crippen molar-refractivity contribution in [2.45, 2.75) is 13.3 Å². The van der Waals surface area contributed by atoms with Crippen LogP contribution in [-0.2, 0) is 4.79 Å². The van der Waals surface area contributed by atoms with Crippen molar-refractivity contribution in [3.63, 3.8) is 0 Å². The van der Waals surface area contributed by atoms with Crippen LogP contribution in [0, 0.1) is 5.92 Å². The Morgan fingerprint density at radius 2 is 2.33 bits per heavy atom. The number of nitrogens with zero attached hydrogens (tertiary/aromatic N) is 1. The van der Waals surface area contributed by atoms with E-state index < -0.39 is 5.92 Å². The van der Waals surface area contributed by atoms with Crippen molar-refractivity contribution in [1.82, 2.24) is 0 Å². The van der Waals surface area contributed by atoms with Gasteiger partial charge in [-0.25, -0.2) is 0 Å². The first-order valence-corrected chi connectivity index (χ1v) is 6.40. The molecular weight excluding hydrogens is 321 g/mol. The third-order valence-corrected chi connectivity index (χ3v) is 3.80. The minimum absolute atomic E-state index is 0.117. The zero-order valence-electron chi connectivity index (χ0n) is 9.65. The van der Waals surface area contributed by atoms with E-state index in [2.05, 4.69) is 26.4 Å². The number of hydrogen-bond donors (Lipinski definition) is 3. The van der Waals surface area contributed by atoms with Crippen LogP contribution < -0.4 is 11.1 Å².